The fraction of sp³-hybridized carbons (Fsp3) is 0.125. The zero-order chi connectivity index (χ0) is 8.27. The summed E-state index contributed by atoms with van der Waals surface area (Å²) in [6.07, 6.45) is 0. The molecule has 0 aliphatic rings. The van der Waals surface area contributed by atoms with Crippen LogP contribution in [0.5, 0.6) is 11.5 Å². The first kappa shape index (κ1) is 11.1. The fourth-order valence-corrected chi connectivity index (χ4v) is 0.680. The Morgan fingerprint density at radius 1 is 1.42 bits per heavy atom. The molecule has 1 rings (SSSR count). The summed E-state index contributed by atoms with van der Waals surface area (Å²) in [4.78, 5) is 10.4. The van der Waals surface area contributed by atoms with Crippen molar-refractivity contribution < 1.29 is 34.9 Å². The molecule has 0 aliphatic carbocycles. The molecule has 0 saturated carbocycles. The number of aromatic hydroxyl groups is 1. The van der Waals surface area contributed by atoms with E-state index in [-0.39, 0.29) is 32.0 Å². The maximum Gasteiger partial charge on any atom is 1.00 e. The Morgan fingerprint density at radius 3 is 2.33 bits per heavy atom. The second-order valence-corrected chi connectivity index (χ2v) is 2.09. The summed E-state index contributed by atoms with van der Waals surface area (Å²) in [5.41, 5.74) is 0. The van der Waals surface area contributed by atoms with Gasteiger partial charge in [0.1, 0.15) is 11.5 Å². The number of benzene rings is 1. The first-order chi connectivity index (χ1) is 5.18. The van der Waals surface area contributed by atoms with Gasteiger partial charge in [0.25, 0.3) is 0 Å². The molecule has 0 bridgehead atoms. The van der Waals surface area contributed by atoms with Gasteiger partial charge < -0.3 is 11.3 Å². The van der Waals surface area contributed by atoms with Crippen LogP contribution in [-0.4, -0.2) is 11.1 Å². The van der Waals surface area contributed by atoms with Crippen molar-refractivity contribution in [3.05, 3.63) is 24.3 Å². The number of carbonyl (C=O) groups excluding carboxylic acids is 1. The number of carbonyl (C=O) groups is 1. The zero-order valence-electron chi connectivity index (χ0n) is 8.07. The van der Waals surface area contributed by atoms with Crippen molar-refractivity contribution in [3.63, 3.8) is 0 Å². The number of ether oxygens (including phenoxy) is 1. The van der Waals surface area contributed by atoms with E-state index in [9.17, 15) is 4.79 Å². The Hall–Kier alpha value is -0.913. The summed E-state index contributed by atoms with van der Waals surface area (Å²) < 4.78 is 4.72. The van der Waals surface area contributed by atoms with Gasteiger partial charge in [-0.05, 0) is 24.3 Å². The molecule has 60 valence electrons. The van der Waals surface area contributed by atoms with E-state index < -0.39 is 0 Å². The minimum absolute atomic E-state index is 0. The number of rotatable bonds is 1. The van der Waals surface area contributed by atoms with Crippen molar-refractivity contribution in [3.8, 4) is 11.5 Å². The first-order valence-electron chi connectivity index (χ1n) is 3.16. The van der Waals surface area contributed by atoms with E-state index in [1.54, 1.807) is 0 Å². The number of esters is 1. The maximum atomic E-state index is 10.4. The van der Waals surface area contributed by atoms with Gasteiger partial charge in [-0.3, -0.25) is 4.79 Å². The maximum absolute atomic E-state index is 10.4. The molecular formula is C8H9LiO3. The van der Waals surface area contributed by atoms with Gasteiger partial charge in [-0.1, -0.05) is 0 Å². The van der Waals surface area contributed by atoms with Crippen molar-refractivity contribution in [2.24, 2.45) is 0 Å². The van der Waals surface area contributed by atoms with Crippen LogP contribution in [0.1, 0.15) is 8.35 Å². The van der Waals surface area contributed by atoms with Crippen molar-refractivity contribution in [2.75, 3.05) is 0 Å². The summed E-state index contributed by atoms with van der Waals surface area (Å²) in [5, 5.41) is 8.85. The van der Waals surface area contributed by atoms with Crippen LogP contribution in [0, 0.1) is 0 Å². The van der Waals surface area contributed by atoms with Crippen LogP contribution in [-0.2, 0) is 4.79 Å². The molecule has 0 aromatic heterocycles. The van der Waals surface area contributed by atoms with Crippen molar-refractivity contribution in [1.29, 1.82) is 0 Å². The van der Waals surface area contributed by atoms with Gasteiger partial charge >= 0.3 is 24.8 Å². The van der Waals surface area contributed by atoms with Crippen LogP contribution in [0.4, 0.5) is 0 Å². The first-order valence-corrected chi connectivity index (χ1v) is 3.16. The third-order valence-corrected chi connectivity index (χ3v) is 1.10. The summed E-state index contributed by atoms with van der Waals surface area (Å²) in [7, 11) is 0. The molecule has 12 heavy (non-hydrogen) atoms. The van der Waals surface area contributed by atoms with Gasteiger partial charge in [-0.2, -0.15) is 0 Å². The van der Waals surface area contributed by atoms with E-state index in [2.05, 4.69) is 0 Å². The Morgan fingerprint density at radius 2 is 1.92 bits per heavy atom. The van der Waals surface area contributed by atoms with E-state index in [0.29, 0.717) is 5.75 Å². The molecule has 0 saturated heterocycles. The Labute approximate surface area is 84.0 Å². The number of hydrogen-bond donors (Lipinski definition) is 1. The summed E-state index contributed by atoms with van der Waals surface area (Å²) >= 11 is 0. The summed E-state index contributed by atoms with van der Waals surface area (Å²) in [6.45, 7) is 1.33. The third-order valence-electron chi connectivity index (χ3n) is 1.10. The quantitative estimate of drug-likeness (QED) is 0.307. The van der Waals surface area contributed by atoms with Crippen LogP contribution < -0.4 is 23.6 Å². The minimum Gasteiger partial charge on any atom is -1.00 e. The Bertz CT molecular complexity index is 261. The molecule has 0 unspecified atom stereocenters. The van der Waals surface area contributed by atoms with E-state index in [4.69, 9.17) is 9.84 Å². The van der Waals surface area contributed by atoms with Crippen LogP contribution in [0.3, 0.4) is 0 Å². The molecular weight excluding hydrogens is 151 g/mol. The molecule has 1 aromatic carbocycles. The normalized spacial score (nSPS) is 8.42. The molecule has 4 heteroatoms. The number of phenols is 1. The van der Waals surface area contributed by atoms with Crippen molar-refractivity contribution >= 4 is 5.97 Å². The molecule has 0 spiro atoms. The van der Waals surface area contributed by atoms with E-state index in [0.717, 1.165) is 0 Å². The molecule has 0 radical (unpaired) electrons. The van der Waals surface area contributed by atoms with Crippen LogP contribution in [0.15, 0.2) is 24.3 Å². The average molecular weight is 160 g/mol. The van der Waals surface area contributed by atoms with Gasteiger partial charge in [-0.15, -0.1) is 0 Å². The summed E-state index contributed by atoms with van der Waals surface area (Å²) in [6, 6.07) is 5.96. The second-order valence-electron chi connectivity index (χ2n) is 2.09. The Balaban J connectivity index is 0. The molecule has 0 heterocycles. The largest absolute Gasteiger partial charge is 1.00 e. The predicted octanol–water partition coefficient (Wildman–Crippen LogP) is -1.57. The predicted molar refractivity (Wildman–Crippen MR) is 40.5 cm³/mol. The van der Waals surface area contributed by atoms with Crippen molar-refractivity contribution in [1.82, 2.24) is 0 Å². The Kier molecular flexibility index (Phi) is 4.49. The average Bonchev–Trinajstić information content (AvgIpc) is 1.93. The molecule has 0 fully saturated rings. The van der Waals surface area contributed by atoms with Gasteiger partial charge in [0, 0.05) is 6.92 Å². The smallest absolute Gasteiger partial charge is 1.00 e. The standard InChI is InChI=1S/C8H8O3.Li.H/c1-6(9)11-8-4-2-7(10)3-5-8;;/h2-5,10H,1H3;;/q;+1;-1. The molecule has 0 atom stereocenters. The van der Waals surface area contributed by atoms with E-state index in [1.807, 2.05) is 0 Å². The van der Waals surface area contributed by atoms with E-state index >= 15 is 0 Å². The molecule has 1 N–H and O–H groups in total. The third kappa shape index (κ3) is 3.47. The summed E-state index contributed by atoms with van der Waals surface area (Å²) in [5.74, 6) is 0.229. The zero-order valence-corrected chi connectivity index (χ0v) is 7.07. The van der Waals surface area contributed by atoms with Crippen LogP contribution in [0.25, 0.3) is 0 Å². The number of hydrogen-bond acceptors (Lipinski definition) is 3. The van der Waals surface area contributed by atoms with Gasteiger partial charge in [-0.25, -0.2) is 0 Å². The van der Waals surface area contributed by atoms with Gasteiger partial charge in [0.05, 0.1) is 0 Å². The number of phenolic OH excluding ortho intramolecular Hbond substituents is 1. The monoisotopic (exact) mass is 160 g/mol. The molecule has 0 aliphatic heterocycles. The van der Waals surface area contributed by atoms with Gasteiger partial charge in [0.2, 0.25) is 0 Å². The van der Waals surface area contributed by atoms with Crippen molar-refractivity contribution in [2.45, 2.75) is 6.92 Å². The molecule has 3 nitrogen and oxygen atoms in total. The van der Waals surface area contributed by atoms with E-state index in [1.165, 1.54) is 31.2 Å². The molecule has 0 amide bonds. The van der Waals surface area contributed by atoms with Crippen LogP contribution in [0.2, 0.25) is 0 Å². The SMILES string of the molecule is CC(=O)Oc1ccc(O)cc1.[H-].[Li+]. The van der Waals surface area contributed by atoms with Gasteiger partial charge in [0.15, 0.2) is 0 Å². The van der Waals surface area contributed by atoms with Crippen LogP contribution >= 0.6 is 0 Å². The minimum atomic E-state index is -0.365. The second kappa shape index (κ2) is 4.86. The molecule has 1 aromatic rings. The topological polar surface area (TPSA) is 46.5 Å². The fourth-order valence-electron chi connectivity index (χ4n) is 0.680.